The van der Waals surface area contributed by atoms with Crippen LogP contribution in [-0.4, -0.2) is 45.5 Å². The zero-order chi connectivity index (χ0) is 19.7. The van der Waals surface area contributed by atoms with Crippen LogP contribution in [0, 0.1) is 0 Å². The van der Waals surface area contributed by atoms with Crippen molar-refractivity contribution < 1.29 is 17.9 Å². The lowest BCUT2D eigenvalue weighted by atomic mass is 10.1. The van der Waals surface area contributed by atoms with Gasteiger partial charge in [0.15, 0.2) is 0 Å². The van der Waals surface area contributed by atoms with Crippen molar-refractivity contribution in [1.29, 1.82) is 0 Å². The third-order valence-electron chi connectivity index (χ3n) is 4.78. The summed E-state index contributed by atoms with van der Waals surface area (Å²) in [6.45, 7) is 0. The van der Waals surface area contributed by atoms with E-state index in [9.17, 15) is 13.2 Å². The molecule has 1 aromatic rings. The van der Waals surface area contributed by atoms with Crippen molar-refractivity contribution in [1.82, 2.24) is 10.0 Å². The van der Waals surface area contributed by atoms with Gasteiger partial charge in [-0.1, -0.05) is 37.8 Å². The summed E-state index contributed by atoms with van der Waals surface area (Å²) >= 11 is 1.59. The Morgan fingerprint density at radius 2 is 1.89 bits per heavy atom. The molecule has 1 aliphatic carbocycles. The van der Waals surface area contributed by atoms with E-state index in [4.69, 9.17) is 4.74 Å². The monoisotopic (exact) mass is 414 g/mol. The normalized spacial score (nSPS) is 17.1. The molecule has 0 aliphatic heterocycles. The van der Waals surface area contributed by atoms with Crippen molar-refractivity contribution in [2.24, 2.45) is 0 Å². The van der Waals surface area contributed by atoms with Crippen LogP contribution in [0.2, 0.25) is 0 Å². The van der Waals surface area contributed by atoms with Crippen LogP contribution >= 0.6 is 11.8 Å². The maximum absolute atomic E-state index is 12.9. The summed E-state index contributed by atoms with van der Waals surface area (Å²) in [5, 5.41) is 3.06. The first-order valence-electron chi connectivity index (χ1n) is 9.42. The van der Waals surface area contributed by atoms with Crippen molar-refractivity contribution in [3.05, 3.63) is 24.3 Å². The molecule has 2 rings (SSSR count). The number of ether oxygens (including phenoxy) is 1. The van der Waals surface area contributed by atoms with Crippen LogP contribution in [0.5, 0.6) is 5.75 Å². The summed E-state index contributed by atoms with van der Waals surface area (Å²) in [6, 6.07) is 5.76. The van der Waals surface area contributed by atoms with Gasteiger partial charge in [0.1, 0.15) is 16.7 Å². The summed E-state index contributed by atoms with van der Waals surface area (Å²) in [4.78, 5) is 12.9. The highest BCUT2D eigenvalue weighted by atomic mass is 32.2. The predicted octanol–water partition coefficient (Wildman–Crippen LogP) is 2.93. The maximum Gasteiger partial charge on any atom is 0.244 e. The molecule has 1 amide bonds. The molecule has 0 unspecified atom stereocenters. The van der Waals surface area contributed by atoms with Gasteiger partial charge in [-0.15, -0.1) is 0 Å². The Morgan fingerprint density at radius 3 is 2.52 bits per heavy atom. The van der Waals surface area contributed by atoms with E-state index in [1.54, 1.807) is 30.0 Å². The Kier molecular flexibility index (Phi) is 8.92. The van der Waals surface area contributed by atoms with Crippen molar-refractivity contribution in [3.8, 4) is 5.75 Å². The minimum atomic E-state index is -3.87. The van der Waals surface area contributed by atoms with Gasteiger partial charge in [-0.05, 0) is 43.4 Å². The molecule has 1 saturated carbocycles. The van der Waals surface area contributed by atoms with Gasteiger partial charge < -0.3 is 10.1 Å². The molecule has 1 aliphatic rings. The van der Waals surface area contributed by atoms with Crippen LogP contribution in [0.3, 0.4) is 0 Å². The fourth-order valence-corrected chi connectivity index (χ4v) is 5.17. The largest absolute Gasteiger partial charge is 0.495 e. The highest BCUT2D eigenvalue weighted by molar-refractivity contribution is 7.98. The Bertz CT molecular complexity index is 701. The van der Waals surface area contributed by atoms with Crippen LogP contribution in [-0.2, 0) is 14.8 Å². The lowest BCUT2D eigenvalue weighted by Crippen LogP contribution is -2.49. The Hall–Kier alpha value is -1.25. The van der Waals surface area contributed by atoms with E-state index in [0.717, 1.165) is 25.7 Å². The number of hydrogen-bond donors (Lipinski definition) is 2. The Balaban J connectivity index is 2.13. The minimum absolute atomic E-state index is 0.0453. The highest BCUT2D eigenvalue weighted by Gasteiger charge is 2.28. The van der Waals surface area contributed by atoms with Crippen molar-refractivity contribution in [3.63, 3.8) is 0 Å². The molecule has 27 heavy (non-hydrogen) atoms. The van der Waals surface area contributed by atoms with Crippen LogP contribution in [0.25, 0.3) is 0 Å². The number of carbonyl (C=O) groups excluding carboxylic acids is 1. The topological polar surface area (TPSA) is 84.5 Å². The third kappa shape index (κ3) is 6.69. The van der Waals surface area contributed by atoms with E-state index in [2.05, 4.69) is 10.0 Å². The average Bonchev–Trinajstić information content (AvgIpc) is 2.93. The van der Waals surface area contributed by atoms with Crippen molar-refractivity contribution >= 4 is 27.7 Å². The van der Waals surface area contributed by atoms with E-state index in [-0.39, 0.29) is 22.6 Å². The predicted molar refractivity (Wildman–Crippen MR) is 110 cm³/mol. The van der Waals surface area contributed by atoms with E-state index < -0.39 is 16.1 Å². The van der Waals surface area contributed by atoms with Gasteiger partial charge in [0, 0.05) is 6.04 Å². The fourth-order valence-electron chi connectivity index (χ4n) is 3.30. The first kappa shape index (κ1) is 22.0. The maximum atomic E-state index is 12.9. The number of rotatable bonds is 9. The molecule has 1 aromatic carbocycles. The summed E-state index contributed by atoms with van der Waals surface area (Å²) in [7, 11) is -2.44. The lowest BCUT2D eigenvalue weighted by molar-refractivity contribution is -0.123. The third-order valence-corrected chi connectivity index (χ3v) is 6.94. The smallest absolute Gasteiger partial charge is 0.244 e. The SMILES string of the molecule is COc1ccccc1S(=O)(=O)N[C@H](CCSC)C(=O)NC1CCCCCC1. The second-order valence-electron chi connectivity index (χ2n) is 6.80. The van der Waals surface area contributed by atoms with E-state index in [1.807, 2.05) is 6.26 Å². The van der Waals surface area contributed by atoms with Gasteiger partial charge in [-0.3, -0.25) is 4.79 Å². The average molecular weight is 415 g/mol. The summed E-state index contributed by atoms with van der Waals surface area (Å²) in [5.74, 6) is 0.712. The molecule has 6 nitrogen and oxygen atoms in total. The molecule has 152 valence electrons. The summed E-state index contributed by atoms with van der Waals surface area (Å²) < 4.78 is 33.5. The molecular formula is C19H30N2O4S2. The van der Waals surface area contributed by atoms with Gasteiger partial charge in [0.05, 0.1) is 7.11 Å². The molecule has 0 bridgehead atoms. The fraction of sp³-hybridized carbons (Fsp3) is 0.632. The molecule has 2 N–H and O–H groups in total. The number of methoxy groups -OCH3 is 1. The highest BCUT2D eigenvalue weighted by Crippen LogP contribution is 2.23. The lowest BCUT2D eigenvalue weighted by Gasteiger charge is -2.23. The molecule has 0 radical (unpaired) electrons. The Morgan fingerprint density at radius 1 is 1.22 bits per heavy atom. The number of carbonyl (C=O) groups is 1. The van der Waals surface area contributed by atoms with Crippen molar-refractivity contribution in [2.75, 3.05) is 19.1 Å². The van der Waals surface area contributed by atoms with Crippen LogP contribution < -0.4 is 14.8 Å². The zero-order valence-electron chi connectivity index (χ0n) is 16.1. The second kappa shape index (κ2) is 10.9. The quantitative estimate of drug-likeness (QED) is 0.607. The number of nitrogens with one attached hydrogen (secondary N) is 2. The van der Waals surface area contributed by atoms with E-state index in [0.29, 0.717) is 12.2 Å². The van der Waals surface area contributed by atoms with Crippen molar-refractivity contribution in [2.45, 2.75) is 61.9 Å². The minimum Gasteiger partial charge on any atom is -0.495 e. The number of benzene rings is 1. The van der Waals surface area contributed by atoms with Gasteiger partial charge in [0.25, 0.3) is 0 Å². The van der Waals surface area contributed by atoms with E-state index in [1.165, 1.54) is 26.0 Å². The van der Waals surface area contributed by atoms with Crippen LogP contribution in [0.15, 0.2) is 29.2 Å². The van der Waals surface area contributed by atoms with Gasteiger partial charge in [-0.25, -0.2) is 8.42 Å². The van der Waals surface area contributed by atoms with E-state index >= 15 is 0 Å². The number of amides is 1. The zero-order valence-corrected chi connectivity index (χ0v) is 17.7. The van der Waals surface area contributed by atoms with Crippen LogP contribution in [0.4, 0.5) is 0 Å². The number of sulfonamides is 1. The molecule has 1 fully saturated rings. The molecule has 0 aromatic heterocycles. The van der Waals surface area contributed by atoms with Gasteiger partial charge in [-0.2, -0.15) is 16.5 Å². The standard InChI is InChI=1S/C19H30N2O4S2/c1-25-17-11-7-8-12-18(17)27(23,24)21-16(13-14-26-2)19(22)20-15-9-5-3-4-6-10-15/h7-8,11-12,15-16,21H,3-6,9-10,13-14H2,1-2H3,(H,20,22)/t16-/m1/s1. The molecule has 0 saturated heterocycles. The summed E-state index contributed by atoms with van der Waals surface area (Å²) in [6.07, 6.45) is 8.90. The van der Waals surface area contributed by atoms with Gasteiger partial charge in [0.2, 0.25) is 15.9 Å². The number of para-hydroxylation sites is 1. The molecule has 8 heteroatoms. The molecule has 0 heterocycles. The van der Waals surface area contributed by atoms with Crippen LogP contribution in [0.1, 0.15) is 44.9 Å². The van der Waals surface area contributed by atoms with Gasteiger partial charge >= 0.3 is 0 Å². The molecule has 0 spiro atoms. The summed E-state index contributed by atoms with van der Waals surface area (Å²) in [5.41, 5.74) is 0. The molecule has 1 atom stereocenters. The first-order valence-corrected chi connectivity index (χ1v) is 12.3. The molecular weight excluding hydrogens is 384 g/mol. The Labute approximate surface area is 166 Å². The number of hydrogen-bond acceptors (Lipinski definition) is 5. The first-order chi connectivity index (χ1) is 13.0. The number of thioether (sulfide) groups is 1. The second-order valence-corrected chi connectivity index (χ2v) is 9.47.